The van der Waals surface area contributed by atoms with Gasteiger partial charge in [0.2, 0.25) is 17.6 Å². The number of aromatic nitrogens is 2. The number of halogens is 1. The van der Waals surface area contributed by atoms with Crippen molar-refractivity contribution in [2.45, 2.75) is 25.8 Å². The molecule has 2 aromatic rings. The van der Waals surface area contributed by atoms with Crippen molar-refractivity contribution in [1.82, 2.24) is 19.9 Å². The zero-order valence-corrected chi connectivity index (χ0v) is 14.8. The maximum atomic E-state index is 12.3. The molecule has 2 fully saturated rings. The van der Waals surface area contributed by atoms with Crippen LogP contribution in [0.2, 0.25) is 5.02 Å². The van der Waals surface area contributed by atoms with Gasteiger partial charge in [-0.05, 0) is 37.1 Å². The molecule has 0 N–H and O–H groups in total. The Morgan fingerprint density at radius 1 is 1.16 bits per heavy atom. The van der Waals surface area contributed by atoms with Gasteiger partial charge in [0.1, 0.15) is 0 Å². The number of carbonyl (C=O) groups excluding carboxylic acids is 1. The van der Waals surface area contributed by atoms with E-state index in [1.54, 1.807) is 0 Å². The van der Waals surface area contributed by atoms with Crippen LogP contribution in [-0.2, 0) is 11.3 Å². The molecule has 1 saturated heterocycles. The highest BCUT2D eigenvalue weighted by Crippen LogP contribution is 2.28. The molecule has 0 bridgehead atoms. The van der Waals surface area contributed by atoms with Crippen LogP contribution in [0, 0.1) is 5.92 Å². The summed E-state index contributed by atoms with van der Waals surface area (Å²) >= 11 is 5.90. The lowest BCUT2D eigenvalue weighted by molar-refractivity contribution is -0.140. The molecule has 1 saturated carbocycles. The van der Waals surface area contributed by atoms with Gasteiger partial charge in [0, 0.05) is 42.7 Å². The summed E-state index contributed by atoms with van der Waals surface area (Å²) in [5.74, 6) is 1.80. The highest BCUT2D eigenvalue weighted by atomic mass is 35.5. The fourth-order valence-electron chi connectivity index (χ4n) is 3.27. The zero-order valence-electron chi connectivity index (χ0n) is 14.0. The summed E-state index contributed by atoms with van der Waals surface area (Å²) in [4.78, 5) is 21.0. The summed E-state index contributed by atoms with van der Waals surface area (Å²) in [6.45, 7) is 3.88. The maximum Gasteiger partial charge on any atom is 0.241 e. The third-order valence-corrected chi connectivity index (χ3v) is 5.32. The van der Waals surface area contributed by atoms with Crippen molar-refractivity contribution < 1.29 is 9.32 Å². The number of rotatable bonds is 4. The van der Waals surface area contributed by atoms with Crippen molar-refractivity contribution in [3.63, 3.8) is 0 Å². The fourth-order valence-corrected chi connectivity index (χ4v) is 3.39. The summed E-state index contributed by atoms with van der Waals surface area (Å²) in [6.07, 6.45) is 3.33. The van der Waals surface area contributed by atoms with Gasteiger partial charge in [-0.2, -0.15) is 4.98 Å². The topological polar surface area (TPSA) is 62.5 Å². The van der Waals surface area contributed by atoms with E-state index in [4.69, 9.17) is 16.1 Å². The standard InChI is InChI=1S/C18H21ClN4O2/c19-15-6-4-13(5-7-15)17-20-16(25-21-17)12-22-8-10-23(11-9-22)18(24)14-2-1-3-14/h4-7,14H,1-3,8-12H2. The summed E-state index contributed by atoms with van der Waals surface area (Å²) < 4.78 is 5.37. The third kappa shape index (κ3) is 3.70. The Balaban J connectivity index is 1.31. The first-order valence-electron chi connectivity index (χ1n) is 8.79. The van der Waals surface area contributed by atoms with Gasteiger partial charge >= 0.3 is 0 Å². The van der Waals surface area contributed by atoms with Gasteiger partial charge in [-0.15, -0.1) is 0 Å². The molecule has 132 valence electrons. The van der Waals surface area contributed by atoms with Crippen molar-refractivity contribution in [1.29, 1.82) is 0 Å². The smallest absolute Gasteiger partial charge is 0.241 e. The molecule has 7 heteroatoms. The van der Waals surface area contributed by atoms with Crippen LogP contribution >= 0.6 is 11.6 Å². The van der Waals surface area contributed by atoms with Crippen molar-refractivity contribution in [3.05, 3.63) is 35.2 Å². The molecule has 4 rings (SSSR count). The van der Waals surface area contributed by atoms with E-state index in [2.05, 4.69) is 15.0 Å². The number of amides is 1. The highest BCUT2D eigenvalue weighted by molar-refractivity contribution is 6.30. The van der Waals surface area contributed by atoms with Crippen LogP contribution in [0.4, 0.5) is 0 Å². The Hall–Kier alpha value is -1.92. The lowest BCUT2D eigenvalue weighted by Gasteiger charge is -2.37. The van der Waals surface area contributed by atoms with E-state index in [9.17, 15) is 4.79 Å². The number of hydrogen-bond donors (Lipinski definition) is 0. The van der Waals surface area contributed by atoms with Gasteiger partial charge in [-0.25, -0.2) is 0 Å². The van der Waals surface area contributed by atoms with Crippen molar-refractivity contribution in [3.8, 4) is 11.4 Å². The highest BCUT2D eigenvalue weighted by Gasteiger charge is 2.31. The van der Waals surface area contributed by atoms with E-state index in [0.717, 1.165) is 44.6 Å². The van der Waals surface area contributed by atoms with E-state index >= 15 is 0 Å². The van der Waals surface area contributed by atoms with E-state index in [-0.39, 0.29) is 5.92 Å². The van der Waals surface area contributed by atoms with Gasteiger partial charge in [0.05, 0.1) is 6.54 Å². The predicted molar refractivity (Wildman–Crippen MR) is 93.9 cm³/mol. The molecule has 1 aliphatic carbocycles. The van der Waals surface area contributed by atoms with E-state index in [1.807, 2.05) is 29.2 Å². The Morgan fingerprint density at radius 3 is 2.52 bits per heavy atom. The molecule has 2 aliphatic rings. The van der Waals surface area contributed by atoms with Gasteiger partial charge in [-0.3, -0.25) is 9.69 Å². The molecule has 0 atom stereocenters. The van der Waals surface area contributed by atoms with Crippen LogP contribution in [0.15, 0.2) is 28.8 Å². The van der Waals surface area contributed by atoms with Gasteiger partial charge in [0.25, 0.3) is 0 Å². The zero-order chi connectivity index (χ0) is 17.2. The minimum atomic E-state index is 0.282. The molecule has 2 heterocycles. The first-order valence-corrected chi connectivity index (χ1v) is 9.16. The second kappa shape index (κ2) is 7.14. The molecule has 6 nitrogen and oxygen atoms in total. The molecular formula is C18H21ClN4O2. The van der Waals surface area contributed by atoms with Gasteiger partial charge < -0.3 is 9.42 Å². The molecular weight excluding hydrogens is 340 g/mol. The summed E-state index contributed by atoms with van der Waals surface area (Å²) in [7, 11) is 0. The number of carbonyl (C=O) groups is 1. The average molecular weight is 361 g/mol. The lowest BCUT2D eigenvalue weighted by atomic mass is 9.84. The molecule has 0 unspecified atom stereocenters. The van der Waals surface area contributed by atoms with Crippen LogP contribution in [0.1, 0.15) is 25.2 Å². The second-order valence-corrected chi connectivity index (χ2v) is 7.18. The monoisotopic (exact) mass is 360 g/mol. The largest absolute Gasteiger partial charge is 0.340 e. The number of benzene rings is 1. The fraction of sp³-hybridized carbons (Fsp3) is 0.500. The number of hydrogen-bond acceptors (Lipinski definition) is 5. The minimum absolute atomic E-state index is 0.282. The van der Waals surface area contributed by atoms with Crippen molar-refractivity contribution in [2.75, 3.05) is 26.2 Å². The number of nitrogens with zero attached hydrogens (tertiary/aromatic N) is 4. The lowest BCUT2D eigenvalue weighted by Crippen LogP contribution is -2.50. The van der Waals surface area contributed by atoms with Crippen LogP contribution in [0.25, 0.3) is 11.4 Å². The minimum Gasteiger partial charge on any atom is -0.340 e. The van der Waals surface area contributed by atoms with Gasteiger partial charge in [-0.1, -0.05) is 23.2 Å². The average Bonchev–Trinajstić information content (AvgIpc) is 3.03. The first kappa shape index (κ1) is 16.5. The van der Waals surface area contributed by atoms with Crippen LogP contribution in [-0.4, -0.2) is 52.0 Å². The van der Waals surface area contributed by atoms with E-state index < -0.39 is 0 Å². The first-order chi connectivity index (χ1) is 12.2. The molecule has 0 spiro atoms. The molecule has 1 aromatic carbocycles. The van der Waals surface area contributed by atoms with E-state index in [0.29, 0.717) is 29.2 Å². The van der Waals surface area contributed by atoms with Crippen LogP contribution < -0.4 is 0 Å². The maximum absolute atomic E-state index is 12.3. The Morgan fingerprint density at radius 2 is 1.88 bits per heavy atom. The number of piperazine rings is 1. The van der Waals surface area contributed by atoms with Crippen molar-refractivity contribution in [2.24, 2.45) is 5.92 Å². The molecule has 1 aromatic heterocycles. The summed E-state index contributed by atoms with van der Waals surface area (Å²) in [5, 5.41) is 4.73. The summed E-state index contributed by atoms with van der Waals surface area (Å²) in [6, 6.07) is 7.38. The predicted octanol–water partition coefficient (Wildman–Crippen LogP) is 2.83. The Bertz CT molecular complexity index is 734. The quantitative estimate of drug-likeness (QED) is 0.839. The molecule has 1 amide bonds. The SMILES string of the molecule is O=C(C1CCC1)N1CCN(Cc2nc(-c3ccc(Cl)cc3)no2)CC1. The van der Waals surface area contributed by atoms with Gasteiger partial charge in [0.15, 0.2) is 0 Å². The Kier molecular flexibility index (Phi) is 4.72. The molecule has 1 aliphatic heterocycles. The summed E-state index contributed by atoms with van der Waals surface area (Å²) in [5.41, 5.74) is 0.885. The van der Waals surface area contributed by atoms with E-state index in [1.165, 1.54) is 6.42 Å². The van der Waals surface area contributed by atoms with Crippen molar-refractivity contribution >= 4 is 17.5 Å². The molecule has 25 heavy (non-hydrogen) atoms. The normalized spacial score (nSPS) is 19.0. The Labute approximate surface area is 151 Å². The second-order valence-electron chi connectivity index (χ2n) is 6.75. The third-order valence-electron chi connectivity index (χ3n) is 5.07. The molecule has 0 radical (unpaired) electrons. The van der Waals surface area contributed by atoms with Crippen LogP contribution in [0.5, 0.6) is 0 Å². The van der Waals surface area contributed by atoms with Crippen LogP contribution in [0.3, 0.4) is 0 Å².